The first kappa shape index (κ1) is 12.6. The quantitative estimate of drug-likeness (QED) is 0.281. The third-order valence-electron chi connectivity index (χ3n) is 2.41. The van der Waals surface area contributed by atoms with Gasteiger partial charge in [0.05, 0.1) is 4.92 Å². The van der Waals surface area contributed by atoms with E-state index in [0.29, 0.717) is 11.1 Å². The van der Waals surface area contributed by atoms with Crippen LogP contribution in [-0.2, 0) is 0 Å². The van der Waals surface area contributed by atoms with Crippen molar-refractivity contribution in [2.75, 3.05) is 6.61 Å². The van der Waals surface area contributed by atoms with Gasteiger partial charge >= 0.3 is 0 Å². The lowest BCUT2D eigenvalue weighted by molar-refractivity contribution is -0.383. The lowest BCUT2D eigenvalue weighted by atomic mass is 10.1. The Labute approximate surface area is 107 Å². The summed E-state index contributed by atoms with van der Waals surface area (Å²) in [6, 6.07) is 6.04. The predicted octanol–water partition coefficient (Wildman–Crippen LogP) is 1.27. The predicted molar refractivity (Wildman–Crippen MR) is 67.3 cm³/mol. The van der Waals surface area contributed by atoms with Crippen LogP contribution in [0.2, 0.25) is 0 Å². The Morgan fingerprint density at radius 1 is 1.53 bits per heavy atom. The van der Waals surface area contributed by atoms with Crippen molar-refractivity contribution < 1.29 is 14.9 Å². The van der Waals surface area contributed by atoms with E-state index >= 15 is 0 Å². The van der Waals surface area contributed by atoms with E-state index in [1.807, 2.05) is 0 Å². The fraction of sp³-hybridized carbons (Fsp3) is 0.0909. The molecule has 0 bridgehead atoms. The van der Waals surface area contributed by atoms with E-state index < -0.39 is 4.92 Å². The number of aromatic nitrogens is 1. The number of nitro benzene ring substituents is 1. The number of rotatable bonds is 4. The number of ether oxygens (including phenoxy) is 1. The first-order chi connectivity index (χ1) is 9.13. The SMILES string of the molecule is N/C(COc1ccc([N+](=O)[O-])c2ncccc12)=N/O. The van der Waals surface area contributed by atoms with Gasteiger partial charge in [-0.15, -0.1) is 0 Å². The van der Waals surface area contributed by atoms with E-state index in [2.05, 4.69) is 10.1 Å². The topological polar surface area (TPSA) is 124 Å². The van der Waals surface area contributed by atoms with E-state index in [0.717, 1.165) is 0 Å². The average Bonchev–Trinajstić information content (AvgIpc) is 2.43. The van der Waals surface area contributed by atoms with Gasteiger partial charge < -0.3 is 15.7 Å². The number of nitrogens with zero attached hydrogens (tertiary/aromatic N) is 3. The molecule has 0 aliphatic rings. The van der Waals surface area contributed by atoms with E-state index in [1.165, 1.54) is 18.3 Å². The number of oxime groups is 1. The molecule has 0 spiro atoms. The minimum Gasteiger partial charge on any atom is -0.485 e. The highest BCUT2D eigenvalue weighted by Crippen LogP contribution is 2.31. The highest BCUT2D eigenvalue weighted by molar-refractivity contribution is 5.92. The molecule has 2 rings (SSSR count). The summed E-state index contributed by atoms with van der Waals surface area (Å²) in [6.07, 6.45) is 1.46. The van der Waals surface area contributed by atoms with Crippen molar-refractivity contribution >= 4 is 22.4 Å². The second kappa shape index (κ2) is 5.17. The minimum absolute atomic E-state index is 0.101. The van der Waals surface area contributed by atoms with Gasteiger partial charge in [0, 0.05) is 17.6 Å². The molecule has 1 heterocycles. The summed E-state index contributed by atoms with van der Waals surface area (Å²) in [4.78, 5) is 14.4. The lowest BCUT2D eigenvalue weighted by Gasteiger charge is -2.08. The van der Waals surface area contributed by atoms with Crippen LogP contribution < -0.4 is 10.5 Å². The van der Waals surface area contributed by atoms with Gasteiger partial charge in [0.2, 0.25) is 0 Å². The second-order valence-corrected chi connectivity index (χ2v) is 3.62. The Morgan fingerprint density at radius 3 is 3.00 bits per heavy atom. The van der Waals surface area contributed by atoms with Crippen molar-refractivity contribution in [3.8, 4) is 5.75 Å². The van der Waals surface area contributed by atoms with Crippen molar-refractivity contribution in [3.63, 3.8) is 0 Å². The summed E-state index contributed by atoms with van der Waals surface area (Å²) in [6.45, 7) is -0.127. The van der Waals surface area contributed by atoms with Gasteiger partial charge in [0.15, 0.2) is 11.4 Å². The fourth-order valence-corrected chi connectivity index (χ4v) is 1.59. The second-order valence-electron chi connectivity index (χ2n) is 3.62. The van der Waals surface area contributed by atoms with Gasteiger partial charge in [-0.25, -0.2) is 4.98 Å². The molecule has 3 N–H and O–H groups in total. The van der Waals surface area contributed by atoms with Gasteiger partial charge in [-0.1, -0.05) is 5.16 Å². The average molecular weight is 262 g/mol. The van der Waals surface area contributed by atoms with Crippen molar-refractivity contribution in [3.05, 3.63) is 40.6 Å². The molecule has 19 heavy (non-hydrogen) atoms. The highest BCUT2D eigenvalue weighted by Gasteiger charge is 2.16. The van der Waals surface area contributed by atoms with Gasteiger partial charge in [0.1, 0.15) is 12.4 Å². The molecule has 0 amide bonds. The number of non-ortho nitro benzene ring substituents is 1. The van der Waals surface area contributed by atoms with Crippen LogP contribution in [0.1, 0.15) is 0 Å². The molecule has 1 aromatic heterocycles. The summed E-state index contributed by atoms with van der Waals surface area (Å²) in [5, 5.41) is 22.6. The number of pyridine rings is 1. The summed E-state index contributed by atoms with van der Waals surface area (Å²) >= 11 is 0. The van der Waals surface area contributed by atoms with Gasteiger partial charge in [-0.3, -0.25) is 10.1 Å². The Balaban J connectivity index is 2.47. The number of amidine groups is 1. The zero-order valence-electron chi connectivity index (χ0n) is 9.68. The lowest BCUT2D eigenvalue weighted by Crippen LogP contribution is -2.20. The normalized spacial score (nSPS) is 11.5. The van der Waals surface area contributed by atoms with Crippen LogP contribution in [0, 0.1) is 10.1 Å². The van der Waals surface area contributed by atoms with Crippen LogP contribution in [0.3, 0.4) is 0 Å². The molecule has 2 aromatic rings. The molecule has 0 aliphatic carbocycles. The van der Waals surface area contributed by atoms with Crippen molar-refractivity contribution in [1.82, 2.24) is 4.98 Å². The number of nitrogens with two attached hydrogens (primary N) is 1. The van der Waals surface area contributed by atoms with E-state index in [9.17, 15) is 10.1 Å². The number of hydrogen-bond donors (Lipinski definition) is 2. The molecule has 0 saturated heterocycles. The standard InChI is InChI=1S/C11H10N4O4/c12-10(14-16)6-19-9-4-3-8(15(17)18)11-7(9)2-1-5-13-11/h1-5,16H,6H2,(H2,12,14). The molecule has 0 fully saturated rings. The molecule has 0 atom stereocenters. The molecule has 0 saturated carbocycles. The molecule has 0 aliphatic heterocycles. The largest absolute Gasteiger partial charge is 0.485 e. The van der Waals surface area contributed by atoms with Crippen molar-refractivity contribution in [1.29, 1.82) is 0 Å². The zero-order chi connectivity index (χ0) is 13.8. The Kier molecular flexibility index (Phi) is 3.42. The van der Waals surface area contributed by atoms with E-state index in [1.54, 1.807) is 12.1 Å². The molecule has 1 aromatic carbocycles. The summed E-state index contributed by atoms with van der Waals surface area (Å²) < 4.78 is 5.33. The van der Waals surface area contributed by atoms with Crippen LogP contribution in [0.15, 0.2) is 35.6 Å². The van der Waals surface area contributed by atoms with Crippen molar-refractivity contribution in [2.24, 2.45) is 10.9 Å². The van der Waals surface area contributed by atoms with Crippen LogP contribution in [0.4, 0.5) is 5.69 Å². The summed E-state index contributed by atoms with van der Waals surface area (Å²) in [7, 11) is 0. The third-order valence-corrected chi connectivity index (χ3v) is 2.41. The van der Waals surface area contributed by atoms with Crippen LogP contribution in [0.25, 0.3) is 10.9 Å². The molecule has 8 heteroatoms. The van der Waals surface area contributed by atoms with Crippen LogP contribution >= 0.6 is 0 Å². The zero-order valence-corrected chi connectivity index (χ0v) is 9.68. The maximum Gasteiger partial charge on any atom is 0.295 e. The van der Waals surface area contributed by atoms with Crippen molar-refractivity contribution in [2.45, 2.75) is 0 Å². The Hall–Kier alpha value is -2.90. The maximum atomic E-state index is 10.9. The van der Waals surface area contributed by atoms with Crippen LogP contribution in [0.5, 0.6) is 5.75 Å². The monoisotopic (exact) mass is 262 g/mol. The molecule has 0 radical (unpaired) electrons. The summed E-state index contributed by atoms with van der Waals surface area (Å²) in [5.74, 6) is 0.274. The van der Waals surface area contributed by atoms with Gasteiger partial charge in [-0.2, -0.15) is 0 Å². The summed E-state index contributed by atoms with van der Waals surface area (Å²) in [5.41, 5.74) is 5.42. The molecular weight excluding hydrogens is 252 g/mol. The Bertz CT molecular complexity index is 656. The smallest absolute Gasteiger partial charge is 0.295 e. The van der Waals surface area contributed by atoms with Gasteiger partial charge in [0.25, 0.3) is 5.69 Å². The third kappa shape index (κ3) is 2.51. The van der Waals surface area contributed by atoms with E-state index in [-0.39, 0.29) is 23.6 Å². The molecular formula is C11H10N4O4. The van der Waals surface area contributed by atoms with Crippen LogP contribution in [-0.4, -0.2) is 27.6 Å². The highest BCUT2D eigenvalue weighted by atomic mass is 16.6. The van der Waals surface area contributed by atoms with Gasteiger partial charge in [-0.05, 0) is 18.2 Å². The first-order valence-electron chi connectivity index (χ1n) is 5.25. The molecule has 0 unspecified atom stereocenters. The number of fused-ring (bicyclic) bond motifs is 1. The number of benzene rings is 1. The first-order valence-corrected chi connectivity index (χ1v) is 5.25. The number of hydrogen-bond acceptors (Lipinski definition) is 6. The Morgan fingerprint density at radius 2 is 2.32 bits per heavy atom. The fourth-order valence-electron chi connectivity index (χ4n) is 1.59. The minimum atomic E-state index is -0.511. The van der Waals surface area contributed by atoms with E-state index in [4.69, 9.17) is 15.7 Å². The molecule has 8 nitrogen and oxygen atoms in total. The molecule has 98 valence electrons. The number of nitro groups is 1. The maximum absolute atomic E-state index is 10.9.